The molecule has 0 saturated carbocycles. The van der Waals surface area contributed by atoms with Gasteiger partial charge in [0.25, 0.3) is 5.91 Å². The van der Waals surface area contributed by atoms with E-state index in [0.717, 1.165) is 5.56 Å². The van der Waals surface area contributed by atoms with Gasteiger partial charge in [-0.1, -0.05) is 30.3 Å². The van der Waals surface area contributed by atoms with E-state index in [0.29, 0.717) is 17.2 Å². The van der Waals surface area contributed by atoms with E-state index in [1.807, 2.05) is 18.2 Å². The number of ether oxygens (including phenoxy) is 3. The average molecular weight is 412 g/mol. The van der Waals surface area contributed by atoms with Gasteiger partial charge in [-0.05, 0) is 18.2 Å². The number of esters is 1. The Balaban J connectivity index is 1.50. The van der Waals surface area contributed by atoms with Crippen LogP contribution in [0.3, 0.4) is 0 Å². The molecule has 1 aliphatic rings. The molecule has 158 valence electrons. The molecule has 2 amide bonds. The van der Waals surface area contributed by atoms with Gasteiger partial charge in [0, 0.05) is 25.1 Å². The number of nitrogens with zero attached hydrogens (tertiary/aromatic N) is 1. The van der Waals surface area contributed by atoms with Crippen molar-refractivity contribution in [3.63, 3.8) is 0 Å². The summed E-state index contributed by atoms with van der Waals surface area (Å²) in [5, 5.41) is 2.69. The highest BCUT2D eigenvalue weighted by molar-refractivity contribution is 6.00. The summed E-state index contributed by atoms with van der Waals surface area (Å²) in [7, 11) is 3.08. The number of methoxy groups -OCH3 is 2. The Morgan fingerprint density at radius 2 is 1.70 bits per heavy atom. The monoisotopic (exact) mass is 412 g/mol. The van der Waals surface area contributed by atoms with Crippen LogP contribution in [0.15, 0.2) is 48.5 Å². The number of carbonyl (C=O) groups is 3. The molecule has 0 aliphatic carbocycles. The molecule has 0 radical (unpaired) electrons. The molecule has 2 aromatic carbocycles. The maximum atomic E-state index is 12.4. The molecule has 3 rings (SSSR count). The lowest BCUT2D eigenvalue weighted by molar-refractivity contribution is -0.152. The number of rotatable bonds is 8. The van der Waals surface area contributed by atoms with Gasteiger partial charge in [0.15, 0.2) is 6.61 Å². The number of hydrogen-bond acceptors (Lipinski definition) is 6. The summed E-state index contributed by atoms with van der Waals surface area (Å²) in [5.74, 6) is -0.619. The second kappa shape index (κ2) is 9.78. The molecule has 8 heteroatoms. The predicted octanol–water partition coefficient (Wildman–Crippen LogP) is 1.92. The Hall–Kier alpha value is -3.55. The Kier molecular flexibility index (Phi) is 6.90. The molecule has 0 aromatic heterocycles. The van der Waals surface area contributed by atoms with Gasteiger partial charge in [0.1, 0.15) is 11.5 Å². The van der Waals surface area contributed by atoms with Gasteiger partial charge < -0.3 is 24.4 Å². The molecule has 0 bridgehead atoms. The minimum atomic E-state index is -0.635. The van der Waals surface area contributed by atoms with E-state index in [1.54, 1.807) is 37.4 Å². The third-order valence-corrected chi connectivity index (χ3v) is 4.85. The summed E-state index contributed by atoms with van der Waals surface area (Å²) >= 11 is 0. The van der Waals surface area contributed by atoms with E-state index in [4.69, 9.17) is 14.2 Å². The normalized spacial score (nSPS) is 15.6. The predicted molar refractivity (Wildman–Crippen MR) is 109 cm³/mol. The molecule has 1 atom stereocenters. The van der Waals surface area contributed by atoms with Gasteiger partial charge in [-0.25, -0.2) is 0 Å². The average Bonchev–Trinajstić information content (AvgIpc) is 3.17. The van der Waals surface area contributed by atoms with Crippen LogP contribution in [-0.2, 0) is 25.7 Å². The van der Waals surface area contributed by atoms with E-state index >= 15 is 0 Å². The van der Waals surface area contributed by atoms with Crippen LogP contribution in [0.1, 0.15) is 12.0 Å². The molecule has 0 spiro atoms. The third kappa shape index (κ3) is 4.89. The minimum Gasteiger partial charge on any atom is -0.496 e. The van der Waals surface area contributed by atoms with E-state index in [1.165, 1.54) is 12.0 Å². The summed E-state index contributed by atoms with van der Waals surface area (Å²) in [6, 6.07) is 14.4. The maximum absolute atomic E-state index is 12.4. The van der Waals surface area contributed by atoms with Crippen LogP contribution in [0.25, 0.3) is 0 Å². The maximum Gasteiger partial charge on any atom is 0.311 e. The number of nitrogens with one attached hydrogen (secondary N) is 1. The van der Waals surface area contributed by atoms with Crippen molar-refractivity contribution in [3.8, 4) is 11.5 Å². The number of anilines is 1. The van der Waals surface area contributed by atoms with Crippen molar-refractivity contribution < 1.29 is 28.6 Å². The van der Waals surface area contributed by atoms with Gasteiger partial charge in [-0.2, -0.15) is 0 Å². The third-order valence-electron chi connectivity index (χ3n) is 4.85. The first-order valence-electron chi connectivity index (χ1n) is 9.52. The highest BCUT2D eigenvalue weighted by Crippen LogP contribution is 2.33. The van der Waals surface area contributed by atoms with Crippen molar-refractivity contribution in [3.05, 3.63) is 54.1 Å². The molecule has 8 nitrogen and oxygen atoms in total. The second-order valence-corrected chi connectivity index (χ2v) is 6.77. The number of carbonyl (C=O) groups excluding carboxylic acids is 3. The van der Waals surface area contributed by atoms with Gasteiger partial charge in [0.2, 0.25) is 5.91 Å². The van der Waals surface area contributed by atoms with Crippen LogP contribution in [0, 0.1) is 5.92 Å². The molecule has 1 saturated heterocycles. The highest BCUT2D eigenvalue weighted by atomic mass is 16.5. The topological polar surface area (TPSA) is 94.2 Å². The largest absolute Gasteiger partial charge is 0.496 e. The summed E-state index contributed by atoms with van der Waals surface area (Å²) in [6.45, 7) is 0.0259. The first-order valence-corrected chi connectivity index (χ1v) is 9.52. The summed E-state index contributed by atoms with van der Waals surface area (Å²) in [5.41, 5.74) is 1.42. The zero-order valence-electron chi connectivity index (χ0n) is 16.9. The Morgan fingerprint density at radius 3 is 2.43 bits per heavy atom. The number of amides is 2. The Bertz CT molecular complexity index is 929. The van der Waals surface area contributed by atoms with Gasteiger partial charge in [-0.3, -0.25) is 14.4 Å². The highest BCUT2D eigenvalue weighted by Gasteiger charge is 2.37. The molecular formula is C22H24N2O6. The van der Waals surface area contributed by atoms with Crippen molar-refractivity contribution in [1.29, 1.82) is 0 Å². The molecule has 0 unspecified atom stereocenters. The lowest BCUT2D eigenvalue weighted by atomic mass is 10.1. The van der Waals surface area contributed by atoms with Crippen molar-refractivity contribution in [2.75, 3.05) is 32.3 Å². The van der Waals surface area contributed by atoms with E-state index < -0.39 is 24.4 Å². The zero-order valence-corrected chi connectivity index (χ0v) is 16.9. The minimum absolute atomic E-state index is 0.0275. The summed E-state index contributed by atoms with van der Waals surface area (Å²) < 4.78 is 15.7. The zero-order chi connectivity index (χ0) is 21.5. The van der Waals surface area contributed by atoms with E-state index in [2.05, 4.69) is 5.32 Å². The van der Waals surface area contributed by atoms with Crippen LogP contribution < -0.4 is 19.7 Å². The molecule has 1 aliphatic heterocycles. The molecule has 1 heterocycles. The summed E-state index contributed by atoms with van der Waals surface area (Å²) in [6.07, 6.45) is 0.0275. The smallest absolute Gasteiger partial charge is 0.311 e. The van der Waals surface area contributed by atoms with Crippen LogP contribution in [0.2, 0.25) is 0 Å². The molecule has 2 aromatic rings. The fourth-order valence-electron chi connectivity index (χ4n) is 3.30. The Morgan fingerprint density at radius 1 is 1.03 bits per heavy atom. The second-order valence-electron chi connectivity index (χ2n) is 6.77. The fourth-order valence-corrected chi connectivity index (χ4v) is 3.30. The molecule has 1 fully saturated rings. The summed E-state index contributed by atoms with van der Waals surface area (Å²) in [4.78, 5) is 38.3. The molecular weight excluding hydrogens is 388 g/mol. The first kappa shape index (κ1) is 21.2. The van der Waals surface area contributed by atoms with Crippen molar-refractivity contribution in [1.82, 2.24) is 5.32 Å². The number of benzene rings is 2. The SMILES string of the molecule is COc1ccccc1CNC(=O)COC(=O)[C@H]1CC(=O)N(c2ccccc2OC)C1. The molecule has 30 heavy (non-hydrogen) atoms. The van der Waals surface area contributed by atoms with Crippen molar-refractivity contribution >= 4 is 23.5 Å². The van der Waals surface area contributed by atoms with E-state index in [9.17, 15) is 14.4 Å². The van der Waals surface area contributed by atoms with Crippen molar-refractivity contribution in [2.24, 2.45) is 5.92 Å². The van der Waals surface area contributed by atoms with E-state index in [-0.39, 0.29) is 25.4 Å². The van der Waals surface area contributed by atoms with Crippen molar-refractivity contribution in [2.45, 2.75) is 13.0 Å². The fraction of sp³-hybridized carbons (Fsp3) is 0.318. The standard InChI is InChI=1S/C22H24N2O6/c1-28-18-9-5-3-7-15(18)12-23-20(25)14-30-22(27)16-11-21(26)24(13-16)17-8-4-6-10-19(17)29-2/h3-10,16H,11-14H2,1-2H3,(H,23,25)/t16-/m0/s1. The van der Waals surface area contributed by atoms with Crippen LogP contribution in [-0.4, -0.2) is 45.2 Å². The van der Waals surface area contributed by atoms with Crippen LogP contribution in [0.4, 0.5) is 5.69 Å². The van der Waals surface area contributed by atoms with Crippen LogP contribution in [0.5, 0.6) is 11.5 Å². The lowest BCUT2D eigenvalue weighted by Crippen LogP contribution is -2.31. The Labute approximate surface area is 174 Å². The van der Waals surface area contributed by atoms with Gasteiger partial charge in [-0.15, -0.1) is 0 Å². The van der Waals surface area contributed by atoms with Crippen LogP contribution >= 0.6 is 0 Å². The number of hydrogen-bond donors (Lipinski definition) is 1. The van der Waals surface area contributed by atoms with Gasteiger partial charge >= 0.3 is 5.97 Å². The number of para-hydroxylation sites is 3. The first-order chi connectivity index (χ1) is 14.5. The quantitative estimate of drug-likeness (QED) is 0.666. The molecule has 1 N–H and O–H groups in total. The lowest BCUT2D eigenvalue weighted by Gasteiger charge is -2.19. The van der Waals surface area contributed by atoms with Gasteiger partial charge in [0.05, 0.1) is 25.8 Å².